The van der Waals surface area contributed by atoms with Crippen molar-refractivity contribution in [3.63, 3.8) is 0 Å². The van der Waals surface area contributed by atoms with E-state index in [1.807, 2.05) is 19.9 Å². The van der Waals surface area contributed by atoms with Crippen molar-refractivity contribution in [1.29, 1.82) is 0 Å². The maximum Gasteiger partial charge on any atom is 0.0547 e. The van der Waals surface area contributed by atoms with Crippen molar-refractivity contribution in [2.45, 2.75) is 113 Å². The second-order valence-electron chi connectivity index (χ2n) is 20.5. The zero-order valence-corrected chi connectivity index (χ0v) is 43.6. The molecule has 0 radical (unpaired) electrons. The molecule has 352 valence electrons. The lowest BCUT2D eigenvalue weighted by Crippen LogP contribution is -2.16. The van der Waals surface area contributed by atoms with Crippen molar-refractivity contribution in [2.24, 2.45) is 0 Å². The molecule has 0 bridgehead atoms. The van der Waals surface area contributed by atoms with E-state index >= 15 is 0 Å². The summed E-state index contributed by atoms with van der Waals surface area (Å²) in [6.07, 6.45) is 15.3. The van der Waals surface area contributed by atoms with Crippen molar-refractivity contribution in [1.82, 2.24) is 4.57 Å². The van der Waals surface area contributed by atoms with Gasteiger partial charge in [0.15, 0.2) is 0 Å². The van der Waals surface area contributed by atoms with Gasteiger partial charge in [0, 0.05) is 27.3 Å². The summed E-state index contributed by atoms with van der Waals surface area (Å²) >= 11 is 0. The fraction of sp³-hybridized carbons (Fsp3) is 0.246. The monoisotopic (exact) mass is 914 g/mol. The summed E-state index contributed by atoms with van der Waals surface area (Å²) in [4.78, 5) is 0. The van der Waals surface area contributed by atoms with Crippen molar-refractivity contribution < 1.29 is 0 Å². The molecule has 1 heteroatoms. The van der Waals surface area contributed by atoms with Gasteiger partial charge in [-0.15, -0.1) is 0 Å². The first-order valence-electron chi connectivity index (χ1n) is 25.8. The molecule has 1 heterocycles. The number of nitrogens with zero attached hydrogens (tertiary/aromatic N) is 1. The molecule has 8 aromatic rings. The minimum Gasteiger partial charge on any atom is -0.309 e. The smallest absolute Gasteiger partial charge is 0.0547 e. The van der Waals surface area contributed by atoms with E-state index in [0.29, 0.717) is 0 Å². The number of hydrogen-bond acceptors (Lipinski definition) is 0. The summed E-state index contributed by atoms with van der Waals surface area (Å²) in [5, 5.41) is 2.57. The van der Waals surface area contributed by atoms with Gasteiger partial charge in [0.2, 0.25) is 0 Å². The molecule has 3 aliphatic rings. The zero-order chi connectivity index (χ0) is 49.5. The van der Waals surface area contributed by atoms with Crippen LogP contribution in [0.1, 0.15) is 120 Å². The first-order valence-corrected chi connectivity index (χ1v) is 25.8. The lowest BCUT2D eigenvalue weighted by Gasteiger charge is -2.23. The van der Waals surface area contributed by atoms with E-state index in [4.69, 9.17) is 0 Å². The van der Waals surface area contributed by atoms with Crippen LogP contribution in [0, 0.1) is 13.8 Å². The van der Waals surface area contributed by atoms with Crippen LogP contribution in [0.4, 0.5) is 0 Å². The fourth-order valence-electron chi connectivity index (χ4n) is 11.7. The quantitative estimate of drug-likeness (QED) is 0.143. The van der Waals surface area contributed by atoms with Gasteiger partial charge in [-0.1, -0.05) is 211 Å². The molecular formula is C69H71N. The number of para-hydroxylation sites is 1. The van der Waals surface area contributed by atoms with Gasteiger partial charge < -0.3 is 4.57 Å². The Morgan fingerprint density at radius 2 is 1.29 bits per heavy atom. The molecule has 7 aromatic carbocycles. The van der Waals surface area contributed by atoms with Crippen LogP contribution < -0.4 is 0 Å². The lowest BCUT2D eigenvalue weighted by atomic mass is 9.80. The molecule has 0 amide bonds. The van der Waals surface area contributed by atoms with Crippen LogP contribution in [-0.2, 0) is 23.7 Å². The highest BCUT2D eigenvalue weighted by atomic mass is 15.0. The van der Waals surface area contributed by atoms with Crippen LogP contribution in [0.15, 0.2) is 193 Å². The van der Waals surface area contributed by atoms with Gasteiger partial charge in [0.05, 0.1) is 11.0 Å². The minimum absolute atomic E-state index is 0.0807. The molecule has 0 spiro atoms. The number of fused-ring (bicyclic) bond motifs is 7. The van der Waals surface area contributed by atoms with E-state index in [0.717, 1.165) is 19.3 Å². The van der Waals surface area contributed by atoms with Crippen LogP contribution in [0.25, 0.3) is 66.4 Å². The van der Waals surface area contributed by atoms with Crippen molar-refractivity contribution in [2.75, 3.05) is 0 Å². The van der Waals surface area contributed by atoms with E-state index in [-0.39, 0.29) is 10.8 Å². The summed E-state index contributed by atoms with van der Waals surface area (Å²) in [7, 11) is 0. The predicted octanol–water partition coefficient (Wildman–Crippen LogP) is 19.3. The molecule has 0 unspecified atom stereocenters. The van der Waals surface area contributed by atoms with E-state index in [1.54, 1.807) is 5.57 Å². The molecule has 0 aliphatic heterocycles. The summed E-state index contributed by atoms with van der Waals surface area (Å²) in [5.74, 6) is 0. The standard InChI is InChI=1S/C50H45N.C17H20.C2H6/c1-6-35-14-9-10-16-40(35)45-29-37(21-19-33(45)3)38-22-25-44-43-17-11-12-18-48(43)51(49(44)30-38)39-23-26-42-41-24-20-34(27-36-15-8-7-13-32(36)2)28-46(41)50(4,5)47(42)31-39;1-6-8-15-13(7-2)14-10-9-12(3)11-16(14)17(15,4)5;1-2/h7,9-14,16-26,28-31H,6,8,15,27H2,1-5H3;6-11H,2H2,1,3-5H3;1-2H3/b;8-6-;. The first kappa shape index (κ1) is 48.1. The molecule has 0 fully saturated rings. The maximum atomic E-state index is 3.97. The zero-order valence-electron chi connectivity index (χ0n) is 43.6. The van der Waals surface area contributed by atoms with Crippen molar-refractivity contribution in [3.05, 3.63) is 238 Å². The number of hydrogen-bond donors (Lipinski definition) is 0. The molecule has 70 heavy (non-hydrogen) atoms. The Morgan fingerprint density at radius 3 is 2.04 bits per heavy atom. The highest BCUT2D eigenvalue weighted by molar-refractivity contribution is 6.10. The fourth-order valence-corrected chi connectivity index (χ4v) is 11.7. The summed E-state index contributed by atoms with van der Waals surface area (Å²) in [6.45, 7) is 28.3. The number of aryl methyl sites for hydroxylation is 3. The van der Waals surface area contributed by atoms with Gasteiger partial charge in [-0.25, -0.2) is 0 Å². The van der Waals surface area contributed by atoms with Crippen LogP contribution in [0.3, 0.4) is 0 Å². The molecule has 0 N–H and O–H groups in total. The lowest BCUT2D eigenvalue weighted by molar-refractivity contribution is 0.653. The summed E-state index contributed by atoms with van der Waals surface area (Å²) in [6, 6.07) is 52.9. The van der Waals surface area contributed by atoms with Gasteiger partial charge in [-0.05, 0) is 167 Å². The molecule has 11 rings (SSSR count). The highest BCUT2D eigenvalue weighted by Crippen LogP contribution is 2.51. The molecule has 0 saturated heterocycles. The Kier molecular flexibility index (Phi) is 13.4. The molecule has 1 aromatic heterocycles. The summed E-state index contributed by atoms with van der Waals surface area (Å²) in [5.41, 5.74) is 28.3. The number of benzene rings is 7. The summed E-state index contributed by atoms with van der Waals surface area (Å²) < 4.78 is 2.49. The number of rotatable bonds is 8. The van der Waals surface area contributed by atoms with Crippen molar-refractivity contribution in [3.8, 4) is 39.1 Å². The number of allylic oxidation sites excluding steroid dienone is 9. The van der Waals surface area contributed by atoms with Gasteiger partial charge in [0.1, 0.15) is 0 Å². The van der Waals surface area contributed by atoms with Gasteiger partial charge >= 0.3 is 0 Å². The van der Waals surface area contributed by atoms with E-state index in [9.17, 15) is 0 Å². The largest absolute Gasteiger partial charge is 0.309 e. The molecule has 0 saturated carbocycles. The third-order valence-electron chi connectivity index (χ3n) is 15.5. The highest BCUT2D eigenvalue weighted by Gasteiger charge is 2.37. The Balaban J connectivity index is 0.000000270. The van der Waals surface area contributed by atoms with Gasteiger partial charge in [0.25, 0.3) is 0 Å². The predicted molar refractivity (Wildman–Crippen MR) is 306 cm³/mol. The van der Waals surface area contributed by atoms with Crippen LogP contribution in [0.5, 0.6) is 0 Å². The average molecular weight is 914 g/mol. The topological polar surface area (TPSA) is 4.93 Å². The van der Waals surface area contributed by atoms with Crippen LogP contribution in [-0.4, -0.2) is 4.57 Å². The van der Waals surface area contributed by atoms with E-state index in [2.05, 4.69) is 237 Å². The van der Waals surface area contributed by atoms with Crippen LogP contribution >= 0.6 is 0 Å². The van der Waals surface area contributed by atoms with Gasteiger partial charge in [-0.3, -0.25) is 0 Å². The van der Waals surface area contributed by atoms with Gasteiger partial charge in [-0.2, -0.15) is 0 Å². The number of aromatic nitrogens is 1. The van der Waals surface area contributed by atoms with E-state index < -0.39 is 0 Å². The van der Waals surface area contributed by atoms with E-state index in [1.165, 1.54) is 129 Å². The Labute approximate surface area is 419 Å². The molecule has 1 nitrogen and oxygen atoms in total. The molecular weight excluding hydrogens is 843 g/mol. The molecule has 3 aliphatic carbocycles. The Bertz CT molecular complexity index is 3460. The minimum atomic E-state index is -0.0937. The second kappa shape index (κ2) is 19.4. The first-order chi connectivity index (χ1) is 33.8. The molecule has 0 atom stereocenters. The maximum absolute atomic E-state index is 3.97. The van der Waals surface area contributed by atoms with Crippen LogP contribution in [0.2, 0.25) is 0 Å². The third-order valence-corrected chi connectivity index (χ3v) is 15.5. The SMILES string of the molecule is C=CC1=C(/C=C\C)C(C)(C)c2cc(C)ccc21.CC.CCc1ccccc1-c1cc(-c2ccc3c4ccccc4n(-c4ccc5c(c4)C(C)(C)c4cc(CC6=C(C)C=CCC6)ccc4-5)c3c2)ccc1C. The second-order valence-corrected chi connectivity index (χ2v) is 20.5. The Hall–Kier alpha value is -6.96. The average Bonchev–Trinajstić information content (AvgIpc) is 3.91. The normalized spacial score (nSPS) is 15.1. The third kappa shape index (κ3) is 8.38. The Morgan fingerprint density at radius 1 is 0.614 bits per heavy atom. The van der Waals surface area contributed by atoms with Crippen molar-refractivity contribution >= 4 is 27.4 Å².